The van der Waals surface area contributed by atoms with Gasteiger partial charge in [-0.2, -0.15) is 0 Å². The number of carbonyl (C=O) groups is 2. The van der Waals surface area contributed by atoms with Crippen molar-refractivity contribution in [3.8, 4) is 0 Å². The summed E-state index contributed by atoms with van der Waals surface area (Å²) < 4.78 is 4.97. The molecule has 0 bridgehead atoms. The van der Waals surface area contributed by atoms with Crippen LogP contribution in [-0.4, -0.2) is 30.9 Å². The van der Waals surface area contributed by atoms with Gasteiger partial charge in [0.25, 0.3) is 0 Å². The first-order chi connectivity index (χ1) is 13.8. The molecule has 0 aromatic rings. The molecule has 7 heteroatoms. The monoisotopic (exact) mass is 646 g/mol. The number of nitrogens with two attached hydrogens (primary N) is 1. The SMILES string of the molecule is C.CC1=CN(C)C(=O)C2C1CC[C@@H]2C.CC1=COC(=O)C2C1CC[C@@H]2C.CN.II. The average molecular weight is 646 g/mol. The number of allylic oxidation sites excluding steroid dienone is 2. The Balaban J connectivity index is 0.000000469. The van der Waals surface area contributed by atoms with Crippen molar-refractivity contribution in [2.24, 2.45) is 41.2 Å². The molecular weight excluding hydrogens is 606 g/mol. The van der Waals surface area contributed by atoms with Crippen molar-refractivity contribution in [2.45, 2.75) is 60.8 Å². The molecule has 4 unspecified atom stereocenters. The number of carbonyl (C=O) groups excluding carboxylic acids is 2. The van der Waals surface area contributed by atoms with Gasteiger partial charge in [-0.05, 0) is 75.8 Å². The Hall–Kier alpha value is -0.160. The maximum Gasteiger partial charge on any atom is 0.314 e. The smallest absolute Gasteiger partial charge is 0.314 e. The number of ether oxygens (including phenoxy) is 1. The zero-order valence-corrected chi connectivity index (χ0v) is 22.8. The summed E-state index contributed by atoms with van der Waals surface area (Å²) in [5.74, 6) is 2.82. The fourth-order valence-electron chi connectivity index (χ4n) is 5.25. The van der Waals surface area contributed by atoms with E-state index >= 15 is 0 Å². The van der Waals surface area contributed by atoms with Crippen LogP contribution in [0.2, 0.25) is 0 Å². The highest BCUT2D eigenvalue weighted by Crippen LogP contribution is 2.44. The first kappa shape index (κ1) is 29.8. The third kappa shape index (κ3) is 6.67. The second-order valence-corrected chi connectivity index (χ2v) is 8.49. The van der Waals surface area contributed by atoms with Crippen LogP contribution in [0.4, 0.5) is 0 Å². The van der Waals surface area contributed by atoms with Gasteiger partial charge in [-0.25, -0.2) is 0 Å². The summed E-state index contributed by atoms with van der Waals surface area (Å²) >= 11 is 4.24. The highest BCUT2D eigenvalue weighted by atomic mass is 128. The molecule has 6 atom stereocenters. The number of halogens is 2. The lowest BCUT2D eigenvalue weighted by Crippen LogP contribution is -2.38. The van der Waals surface area contributed by atoms with Crippen LogP contribution in [0.5, 0.6) is 0 Å². The van der Waals surface area contributed by atoms with E-state index in [2.05, 4.69) is 70.7 Å². The molecule has 30 heavy (non-hydrogen) atoms. The minimum absolute atomic E-state index is 0. The quantitative estimate of drug-likeness (QED) is 0.255. The van der Waals surface area contributed by atoms with E-state index in [1.165, 1.54) is 31.0 Å². The summed E-state index contributed by atoms with van der Waals surface area (Å²) in [7, 11) is 3.37. The van der Waals surface area contributed by atoms with Crippen LogP contribution in [0, 0.1) is 35.5 Å². The van der Waals surface area contributed by atoms with Gasteiger partial charge >= 0.3 is 5.97 Å². The summed E-state index contributed by atoms with van der Waals surface area (Å²) in [5.41, 5.74) is 7.13. The molecule has 0 aromatic carbocycles. The van der Waals surface area contributed by atoms with Gasteiger partial charge in [-0.15, -0.1) is 0 Å². The predicted molar refractivity (Wildman–Crippen MR) is 142 cm³/mol. The third-order valence-electron chi connectivity index (χ3n) is 6.79. The molecule has 2 N–H and O–H groups in total. The Morgan fingerprint density at radius 1 is 0.933 bits per heavy atom. The lowest BCUT2D eigenvalue weighted by molar-refractivity contribution is -0.146. The Bertz CT molecular complexity index is 636. The Morgan fingerprint density at radius 3 is 1.90 bits per heavy atom. The molecule has 0 aromatic heterocycles. The molecule has 2 aliphatic carbocycles. The van der Waals surface area contributed by atoms with Crippen molar-refractivity contribution in [1.82, 2.24) is 4.90 Å². The lowest BCUT2D eigenvalue weighted by Gasteiger charge is -2.31. The molecule has 5 nitrogen and oxygen atoms in total. The van der Waals surface area contributed by atoms with Crippen LogP contribution in [0.3, 0.4) is 0 Å². The summed E-state index contributed by atoms with van der Waals surface area (Å²) in [5, 5.41) is 0. The van der Waals surface area contributed by atoms with Crippen molar-refractivity contribution < 1.29 is 14.3 Å². The van der Waals surface area contributed by atoms with Gasteiger partial charge in [0.15, 0.2) is 0 Å². The lowest BCUT2D eigenvalue weighted by atomic mass is 9.83. The van der Waals surface area contributed by atoms with Gasteiger partial charge in [0, 0.05) is 56.4 Å². The van der Waals surface area contributed by atoms with E-state index in [1.807, 2.05) is 13.2 Å². The van der Waals surface area contributed by atoms with Gasteiger partial charge in [-0.3, -0.25) is 9.59 Å². The van der Waals surface area contributed by atoms with Gasteiger partial charge in [0.2, 0.25) is 5.91 Å². The summed E-state index contributed by atoms with van der Waals surface area (Å²) in [6, 6.07) is 0. The summed E-state index contributed by atoms with van der Waals surface area (Å²) in [6.45, 7) is 8.56. The van der Waals surface area contributed by atoms with Crippen LogP contribution in [-0.2, 0) is 14.3 Å². The molecule has 0 spiro atoms. The standard InChI is InChI=1S/C11H17NO.C10H14O2.CH5N.CH4.I2/c1-7-4-5-9-8(2)6-12(3)11(13)10(7)9;1-6-3-4-8-7(2)5-12-10(11)9(6)8;1-2;;1-2/h6-7,9-10H,4-5H2,1-3H3;5-6,8-9H,3-4H2,1-2H3;2H2,1H3;1H4;/t7-,9?,10?;6-,8?,9?;;;/m00.../s1. The normalized spacial score (nSPS) is 33.4. The molecule has 1 amide bonds. The second-order valence-electron chi connectivity index (χ2n) is 8.49. The van der Waals surface area contributed by atoms with E-state index in [0.717, 1.165) is 12.8 Å². The van der Waals surface area contributed by atoms with E-state index in [4.69, 9.17) is 4.74 Å². The van der Waals surface area contributed by atoms with Gasteiger partial charge in [0.05, 0.1) is 12.2 Å². The van der Waals surface area contributed by atoms with Crippen LogP contribution in [0.15, 0.2) is 23.6 Å². The molecule has 2 saturated carbocycles. The van der Waals surface area contributed by atoms with E-state index in [9.17, 15) is 9.59 Å². The summed E-state index contributed by atoms with van der Waals surface area (Å²) in [6.07, 6.45) is 8.36. The van der Waals surface area contributed by atoms with E-state index in [1.54, 1.807) is 11.2 Å². The van der Waals surface area contributed by atoms with Gasteiger partial charge < -0.3 is 15.4 Å². The Kier molecular flexibility index (Phi) is 14.0. The number of nitrogens with zero attached hydrogens (tertiary/aromatic N) is 1. The average Bonchev–Trinajstić information content (AvgIpc) is 3.31. The molecule has 2 fully saturated rings. The number of rotatable bonds is 0. The first-order valence-corrected chi connectivity index (χ1v) is 16.6. The largest absolute Gasteiger partial charge is 0.434 e. The van der Waals surface area contributed by atoms with Crippen molar-refractivity contribution in [1.29, 1.82) is 0 Å². The fraction of sp³-hybridized carbons (Fsp3) is 0.739. The van der Waals surface area contributed by atoms with Crippen molar-refractivity contribution in [2.75, 3.05) is 14.1 Å². The fourth-order valence-corrected chi connectivity index (χ4v) is 5.25. The second kappa shape index (κ2) is 14.1. The molecule has 0 saturated heterocycles. The number of hydrogen-bond acceptors (Lipinski definition) is 4. The van der Waals surface area contributed by atoms with Crippen LogP contribution in [0.25, 0.3) is 0 Å². The topological polar surface area (TPSA) is 72.6 Å². The minimum atomic E-state index is -0.0180. The minimum Gasteiger partial charge on any atom is -0.434 e. The zero-order chi connectivity index (χ0) is 22.3. The highest BCUT2D eigenvalue weighted by molar-refractivity contribution is 15.0. The molecule has 4 rings (SSSR count). The van der Waals surface area contributed by atoms with Crippen molar-refractivity contribution >= 4 is 49.1 Å². The predicted octanol–water partition coefficient (Wildman–Crippen LogP) is 6.12. The number of hydrogen-bond donors (Lipinski definition) is 1. The first-order valence-electron chi connectivity index (χ1n) is 10.4. The van der Waals surface area contributed by atoms with Crippen LogP contribution >= 0.6 is 37.2 Å². The molecule has 2 aliphatic heterocycles. The van der Waals surface area contributed by atoms with Crippen LogP contribution < -0.4 is 5.73 Å². The Labute approximate surface area is 206 Å². The molecular formula is C23H40I2N2O3. The van der Waals surface area contributed by atoms with E-state index in [0.29, 0.717) is 29.6 Å². The third-order valence-corrected chi connectivity index (χ3v) is 6.79. The van der Waals surface area contributed by atoms with E-state index < -0.39 is 0 Å². The highest BCUT2D eigenvalue weighted by Gasteiger charge is 2.43. The number of fused-ring (bicyclic) bond motifs is 2. The maximum absolute atomic E-state index is 11.8. The Morgan fingerprint density at radius 2 is 1.40 bits per heavy atom. The van der Waals surface area contributed by atoms with Crippen molar-refractivity contribution in [3.05, 3.63) is 23.6 Å². The maximum atomic E-state index is 11.8. The van der Waals surface area contributed by atoms with Crippen molar-refractivity contribution in [3.63, 3.8) is 0 Å². The molecule has 4 aliphatic rings. The molecule has 0 radical (unpaired) electrons. The summed E-state index contributed by atoms with van der Waals surface area (Å²) in [4.78, 5) is 25.0. The number of esters is 1. The molecule has 2 heterocycles. The van der Waals surface area contributed by atoms with Crippen LogP contribution in [0.1, 0.15) is 60.8 Å². The zero-order valence-electron chi connectivity index (χ0n) is 18.5. The van der Waals surface area contributed by atoms with E-state index in [-0.39, 0.29) is 25.2 Å². The molecule has 174 valence electrons. The van der Waals surface area contributed by atoms with Gasteiger partial charge in [-0.1, -0.05) is 26.8 Å². The number of cyclic esters (lactones) is 1. The number of amides is 1. The van der Waals surface area contributed by atoms with Gasteiger partial charge in [0.1, 0.15) is 0 Å².